The second-order valence-electron chi connectivity index (χ2n) is 4.64. The van der Waals surface area contributed by atoms with Gasteiger partial charge in [0.15, 0.2) is 0 Å². The highest BCUT2D eigenvalue weighted by molar-refractivity contribution is 5.75. The molecule has 2 heterocycles. The van der Waals surface area contributed by atoms with Gasteiger partial charge in [0.2, 0.25) is 0 Å². The first-order valence-corrected chi connectivity index (χ1v) is 5.99. The minimum absolute atomic E-state index is 0.108. The highest BCUT2D eigenvalue weighted by Gasteiger charge is 2.41. The molecule has 0 atom stereocenters. The SMILES string of the molecule is CNC(=O)N1CCCCC12CCNCC2. The third-order valence-corrected chi connectivity index (χ3v) is 3.84. The molecular formula is C11H21N3O. The molecule has 0 aromatic carbocycles. The third kappa shape index (κ3) is 1.95. The molecule has 4 heteroatoms. The van der Waals surface area contributed by atoms with Crippen molar-refractivity contribution in [1.82, 2.24) is 15.5 Å². The maximum Gasteiger partial charge on any atom is 0.317 e. The molecule has 2 aliphatic rings. The van der Waals surface area contributed by atoms with Crippen molar-refractivity contribution in [3.05, 3.63) is 0 Å². The molecule has 2 fully saturated rings. The van der Waals surface area contributed by atoms with Gasteiger partial charge >= 0.3 is 6.03 Å². The molecule has 2 aliphatic heterocycles. The Morgan fingerprint density at radius 3 is 2.67 bits per heavy atom. The van der Waals surface area contributed by atoms with Crippen molar-refractivity contribution in [2.45, 2.75) is 37.6 Å². The molecule has 2 N–H and O–H groups in total. The molecule has 15 heavy (non-hydrogen) atoms. The Morgan fingerprint density at radius 2 is 2.00 bits per heavy atom. The van der Waals surface area contributed by atoms with Crippen molar-refractivity contribution in [3.8, 4) is 0 Å². The Balaban J connectivity index is 2.13. The zero-order valence-electron chi connectivity index (χ0n) is 9.51. The monoisotopic (exact) mass is 211 g/mol. The number of likely N-dealkylation sites (tertiary alicyclic amines) is 1. The summed E-state index contributed by atoms with van der Waals surface area (Å²) in [5, 5.41) is 6.15. The zero-order valence-corrected chi connectivity index (χ0v) is 9.51. The van der Waals surface area contributed by atoms with Crippen molar-refractivity contribution in [2.24, 2.45) is 0 Å². The van der Waals surface area contributed by atoms with Gasteiger partial charge in [-0.15, -0.1) is 0 Å². The molecule has 2 saturated heterocycles. The number of hydrogen-bond donors (Lipinski definition) is 2. The molecular weight excluding hydrogens is 190 g/mol. The summed E-state index contributed by atoms with van der Waals surface area (Å²) < 4.78 is 0. The van der Waals surface area contributed by atoms with Crippen LogP contribution in [0.4, 0.5) is 4.79 Å². The van der Waals surface area contributed by atoms with Gasteiger partial charge in [-0.25, -0.2) is 4.79 Å². The molecule has 86 valence electrons. The van der Waals surface area contributed by atoms with E-state index in [1.165, 1.54) is 12.8 Å². The van der Waals surface area contributed by atoms with Crippen LogP contribution in [0.3, 0.4) is 0 Å². The zero-order chi connectivity index (χ0) is 10.7. The Bertz CT molecular complexity index is 228. The van der Waals surface area contributed by atoms with Gasteiger partial charge in [-0.3, -0.25) is 0 Å². The largest absolute Gasteiger partial charge is 0.341 e. The van der Waals surface area contributed by atoms with Crippen LogP contribution in [0, 0.1) is 0 Å². The van der Waals surface area contributed by atoms with Crippen molar-refractivity contribution >= 4 is 6.03 Å². The van der Waals surface area contributed by atoms with Gasteiger partial charge in [-0.05, 0) is 45.2 Å². The summed E-state index contributed by atoms with van der Waals surface area (Å²) in [6.07, 6.45) is 5.83. The third-order valence-electron chi connectivity index (χ3n) is 3.84. The van der Waals surface area contributed by atoms with Gasteiger partial charge in [-0.2, -0.15) is 0 Å². The highest BCUT2D eigenvalue weighted by atomic mass is 16.2. The van der Waals surface area contributed by atoms with E-state index in [-0.39, 0.29) is 11.6 Å². The highest BCUT2D eigenvalue weighted by Crippen LogP contribution is 2.35. The molecule has 0 saturated carbocycles. The number of urea groups is 1. The lowest BCUT2D eigenvalue weighted by Crippen LogP contribution is -2.60. The van der Waals surface area contributed by atoms with Crippen LogP contribution in [0.25, 0.3) is 0 Å². The molecule has 2 rings (SSSR count). The molecule has 2 amide bonds. The number of nitrogens with one attached hydrogen (secondary N) is 2. The van der Waals surface area contributed by atoms with Crippen LogP contribution >= 0.6 is 0 Å². The average Bonchev–Trinajstić information content (AvgIpc) is 2.30. The fraction of sp³-hybridized carbons (Fsp3) is 0.909. The minimum atomic E-state index is 0.108. The second kappa shape index (κ2) is 4.39. The number of piperidine rings is 2. The van der Waals surface area contributed by atoms with Crippen LogP contribution in [-0.4, -0.2) is 43.2 Å². The van der Waals surface area contributed by atoms with Crippen LogP contribution < -0.4 is 10.6 Å². The normalized spacial score (nSPS) is 25.3. The van der Waals surface area contributed by atoms with Gasteiger partial charge in [0.05, 0.1) is 0 Å². The van der Waals surface area contributed by atoms with E-state index in [0.29, 0.717) is 0 Å². The topological polar surface area (TPSA) is 44.4 Å². The van der Waals surface area contributed by atoms with Crippen molar-refractivity contribution < 1.29 is 4.79 Å². The fourth-order valence-electron chi connectivity index (χ4n) is 2.96. The van der Waals surface area contributed by atoms with Crippen molar-refractivity contribution in [3.63, 3.8) is 0 Å². The molecule has 1 spiro atoms. The van der Waals surface area contributed by atoms with Gasteiger partial charge in [0, 0.05) is 19.1 Å². The summed E-state index contributed by atoms with van der Waals surface area (Å²) in [7, 11) is 1.73. The summed E-state index contributed by atoms with van der Waals surface area (Å²) in [4.78, 5) is 13.9. The van der Waals surface area contributed by atoms with E-state index in [4.69, 9.17) is 0 Å². The maximum absolute atomic E-state index is 11.8. The lowest BCUT2D eigenvalue weighted by atomic mass is 9.79. The van der Waals surface area contributed by atoms with Gasteiger partial charge in [-0.1, -0.05) is 0 Å². The summed E-state index contributed by atoms with van der Waals surface area (Å²) in [5.41, 5.74) is 0.156. The Kier molecular flexibility index (Phi) is 3.14. The van der Waals surface area contributed by atoms with E-state index in [1.807, 2.05) is 0 Å². The molecule has 0 aliphatic carbocycles. The van der Waals surface area contributed by atoms with E-state index >= 15 is 0 Å². The molecule has 0 aromatic rings. The lowest BCUT2D eigenvalue weighted by Gasteiger charge is -2.49. The molecule has 0 bridgehead atoms. The Labute approximate surface area is 91.4 Å². The number of carbonyl (C=O) groups is 1. The van der Waals surface area contributed by atoms with Crippen LogP contribution in [0.1, 0.15) is 32.1 Å². The summed E-state index contributed by atoms with van der Waals surface area (Å²) >= 11 is 0. The number of nitrogens with zero attached hydrogens (tertiary/aromatic N) is 1. The van der Waals surface area contributed by atoms with Gasteiger partial charge < -0.3 is 15.5 Å². The standard InChI is InChI=1S/C11H21N3O/c1-12-10(15)14-9-3-2-4-11(14)5-7-13-8-6-11/h13H,2-9H2,1H3,(H,12,15). The predicted octanol–water partition coefficient (Wildman–Crippen LogP) is 0.934. The first kappa shape index (κ1) is 10.7. The van der Waals surface area contributed by atoms with E-state index in [2.05, 4.69) is 15.5 Å². The molecule has 0 radical (unpaired) electrons. The van der Waals surface area contributed by atoms with Crippen molar-refractivity contribution in [1.29, 1.82) is 0 Å². The maximum atomic E-state index is 11.8. The molecule has 0 aromatic heterocycles. The Hall–Kier alpha value is -0.770. The molecule has 4 nitrogen and oxygen atoms in total. The van der Waals surface area contributed by atoms with Gasteiger partial charge in [0.1, 0.15) is 0 Å². The predicted molar refractivity (Wildman–Crippen MR) is 59.8 cm³/mol. The molecule has 0 unspecified atom stereocenters. The van der Waals surface area contributed by atoms with Crippen molar-refractivity contribution in [2.75, 3.05) is 26.7 Å². The van der Waals surface area contributed by atoms with Crippen LogP contribution in [-0.2, 0) is 0 Å². The average molecular weight is 211 g/mol. The van der Waals surface area contributed by atoms with E-state index in [0.717, 1.165) is 38.9 Å². The summed E-state index contributed by atoms with van der Waals surface area (Å²) in [6, 6.07) is 0.108. The van der Waals surface area contributed by atoms with Gasteiger partial charge in [0.25, 0.3) is 0 Å². The Morgan fingerprint density at radius 1 is 1.27 bits per heavy atom. The first-order valence-electron chi connectivity index (χ1n) is 5.99. The summed E-state index contributed by atoms with van der Waals surface area (Å²) in [6.45, 7) is 3.03. The number of amides is 2. The minimum Gasteiger partial charge on any atom is -0.341 e. The van der Waals surface area contributed by atoms with Crippen LogP contribution in [0.5, 0.6) is 0 Å². The van der Waals surface area contributed by atoms with E-state index in [1.54, 1.807) is 7.05 Å². The fourth-order valence-corrected chi connectivity index (χ4v) is 2.96. The summed E-state index contributed by atoms with van der Waals surface area (Å²) in [5.74, 6) is 0. The number of rotatable bonds is 0. The smallest absolute Gasteiger partial charge is 0.317 e. The second-order valence-corrected chi connectivity index (χ2v) is 4.64. The lowest BCUT2D eigenvalue weighted by molar-refractivity contribution is 0.0516. The number of carbonyl (C=O) groups excluding carboxylic acids is 1. The van der Waals surface area contributed by atoms with Crippen LogP contribution in [0.2, 0.25) is 0 Å². The number of hydrogen-bond acceptors (Lipinski definition) is 2. The quantitative estimate of drug-likeness (QED) is 0.626. The first-order chi connectivity index (χ1) is 7.28. The van der Waals surface area contributed by atoms with Crippen LogP contribution in [0.15, 0.2) is 0 Å². The van der Waals surface area contributed by atoms with E-state index < -0.39 is 0 Å². The van der Waals surface area contributed by atoms with E-state index in [9.17, 15) is 4.79 Å².